The standard InChI is InChI=1S/C22H21N5O2S/c1-15(17-6-8-20(9-7-17)27-14-23-13-24-27)25-22(28)18-4-3-5-21(10-18)29-11-19-12-30-16(2)26-19/h3-10,12-15H,11H2,1-2H3,(H,25,28)/t15-/m0/s1. The van der Waals surface area contributed by atoms with Crippen molar-refractivity contribution < 1.29 is 9.53 Å². The van der Waals surface area contributed by atoms with E-state index in [1.807, 2.05) is 55.6 Å². The van der Waals surface area contributed by atoms with Crippen molar-refractivity contribution in [3.63, 3.8) is 0 Å². The fourth-order valence-corrected chi connectivity index (χ4v) is 3.58. The van der Waals surface area contributed by atoms with E-state index in [2.05, 4.69) is 20.4 Å². The van der Waals surface area contributed by atoms with Crippen molar-refractivity contribution in [2.75, 3.05) is 0 Å². The van der Waals surface area contributed by atoms with Gasteiger partial charge in [0.25, 0.3) is 5.91 Å². The second kappa shape index (κ2) is 8.87. The lowest BCUT2D eigenvalue weighted by molar-refractivity contribution is 0.0939. The van der Waals surface area contributed by atoms with Crippen molar-refractivity contribution in [2.24, 2.45) is 0 Å². The maximum absolute atomic E-state index is 12.7. The molecular formula is C22H21N5O2S. The van der Waals surface area contributed by atoms with Crippen molar-refractivity contribution in [1.82, 2.24) is 25.1 Å². The molecule has 2 aromatic carbocycles. The number of carbonyl (C=O) groups excluding carboxylic acids is 1. The summed E-state index contributed by atoms with van der Waals surface area (Å²) in [6, 6.07) is 14.9. The number of hydrogen-bond donors (Lipinski definition) is 1. The fourth-order valence-electron chi connectivity index (χ4n) is 2.98. The number of ether oxygens (including phenoxy) is 1. The molecule has 0 bridgehead atoms. The Labute approximate surface area is 178 Å². The van der Waals surface area contributed by atoms with Gasteiger partial charge in [-0.15, -0.1) is 11.3 Å². The number of aryl methyl sites for hydroxylation is 1. The average molecular weight is 420 g/mol. The van der Waals surface area contributed by atoms with E-state index in [0.717, 1.165) is 22.0 Å². The van der Waals surface area contributed by atoms with Crippen LogP contribution in [-0.4, -0.2) is 25.7 Å². The van der Waals surface area contributed by atoms with Crippen LogP contribution in [0.5, 0.6) is 5.75 Å². The van der Waals surface area contributed by atoms with Crippen molar-refractivity contribution in [3.8, 4) is 11.4 Å². The topological polar surface area (TPSA) is 81.9 Å². The van der Waals surface area contributed by atoms with Gasteiger partial charge in [-0.05, 0) is 49.7 Å². The molecule has 4 rings (SSSR count). The van der Waals surface area contributed by atoms with Crippen LogP contribution in [0.25, 0.3) is 5.69 Å². The highest BCUT2D eigenvalue weighted by atomic mass is 32.1. The van der Waals surface area contributed by atoms with Gasteiger partial charge in [-0.3, -0.25) is 4.79 Å². The number of nitrogens with one attached hydrogen (secondary N) is 1. The minimum atomic E-state index is -0.155. The van der Waals surface area contributed by atoms with Crippen molar-refractivity contribution in [1.29, 1.82) is 0 Å². The molecule has 0 radical (unpaired) electrons. The molecule has 2 heterocycles. The molecule has 0 unspecified atom stereocenters. The molecule has 8 heteroatoms. The van der Waals surface area contributed by atoms with Gasteiger partial charge >= 0.3 is 0 Å². The Bertz CT molecular complexity index is 1120. The molecule has 7 nitrogen and oxygen atoms in total. The van der Waals surface area contributed by atoms with E-state index >= 15 is 0 Å². The summed E-state index contributed by atoms with van der Waals surface area (Å²) in [5, 5.41) is 10.1. The predicted octanol–water partition coefficient (Wildman–Crippen LogP) is 4.10. The summed E-state index contributed by atoms with van der Waals surface area (Å²) in [7, 11) is 0. The van der Waals surface area contributed by atoms with Gasteiger partial charge in [0.1, 0.15) is 25.0 Å². The third-order valence-corrected chi connectivity index (χ3v) is 5.40. The van der Waals surface area contributed by atoms with Crippen LogP contribution in [0.4, 0.5) is 0 Å². The molecule has 0 saturated heterocycles. The summed E-state index contributed by atoms with van der Waals surface area (Å²) in [5.41, 5.74) is 3.34. The highest BCUT2D eigenvalue weighted by Crippen LogP contribution is 2.19. The number of aromatic nitrogens is 4. The molecule has 2 aromatic heterocycles. The first kappa shape index (κ1) is 19.8. The maximum Gasteiger partial charge on any atom is 0.251 e. The van der Waals surface area contributed by atoms with E-state index in [9.17, 15) is 4.79 Å². The van der Waals surface area contributed by atoms with Crippen LogP contribution in [0.2, 0.25) is 0 Å². The first-order chi connectivity index (χ1) is 14.6. The van der Waals surface area contributed by atoms with Crippen LogP contribution in [0.3, 0.4) is 0 Å². The molecule has 30 heavy (non-hydrogen) atoms. The SMILES string of the molecule is Cc1nc(COc2cccc(C(=O)N[C@@H](C)c3ccc(-n4cncn4)cc3)c2)cs1. The first-order valence-electron chi connectivity index (χ1n) is 9.48. The van der Waals surface area contributed by atoms with Crippen molar-refractivity contribution in [2.45, 2.75) is 26.5 Å². The largest absolute Gasteiger partial charge is 0.487 e. The van der Waals surface area contributed by atoms with Gasteiger partial charge in [-0.2, -0.15) is 5.10 Å². The second-order valence-corrected chi connectivity index (χ2v) is 7.86. The van der Waals surface area contributed by atoms with Crippen LogP contribution in [0, 0.1) is 6.92 Å². The van der Waals surface area contributed by atoms with Gasteiger partial charge in [-0.25, -0.2) is 14.6 Å². The molecule has 1 N–H and O–H groups in total. The van der Waals surface area contributed by atoms with Gasteiger partial charge in [0.2, 0.25) is 0 Å². The highest BCUT2D eigenvalue weighted by Gasteiger charge is 2.13. The first-order valence-corrected chi connectivity index (χ1v) is 10.4. The van der Waals surface area contributed by atoms with Gasteiger partial charge in [0.15, 0.2) is 0 Å². The van der Waals surface area contributed by atoms with Crippen LogP contribution >= 0.6 is 11.3 Å². The predicted molar refractivity (Wildman–Crippen MR) is 115 cm³/mol. The lowest BCUT2D eigenvalue weighted by Crippen LogP contribution is -2.26. The zero-order chi connectivity index (χ0) is 20.9. The number of thiazole rings is 1. The van der Waals surface area contributed by atoms with Crippen LogP contribution in [0.1, 0.15) is 39.6 Å². The van der Waals surface area contributed by atoms with Gasteiger partial charge in [0, 0.05) is 10.9 Å². The molecule has 0 aliphatic heterocycles. The molecule has 0 aliphatic carbocycles. The molecular weight excluding hydrogens is 398 g/mol. The van der Waals surface area contributed by atoms with E-state index in [0.29, 0.717) is 17.9 Å². The Kier molecular flexibility index (Phi) is 5.85. The number of carbonyl (C=O) groups is 1. The minimum absolute atomic E-state index is 0.148. The molecule has 0 fully saturated rings. The van der Waals surface area contributed by atoms with E-state index < -0.39 is 0 Å². The number of rotatable bonds is 7. The lowest BCUT2D eigenvalue weighted by atomic mass is 10.1. The van der Waals surface area contributed by atoms with E-state index in [-0.39, 0.29) is 11.9 Å². The van der Waals surface area contributed by atoms with Crippen molar-refractivity contribution >= 4 is 17.2 Å². The van der Waals surface area contributed by atoms with Gasteiger partial charge in [-0.1, -0.05) is 18.2 Å². The summed E-state index contributed by atoms with van der Waals surface area (Å²) in [4.78, 5) is 21.0. The monoisotopic (exact) mass is 419 g/mol. The Morgan fingerprint density at radius 1 is 1.23 bits per heavy atom. The summed E-state index contributed by atoms with van der Waals surface area (Å²) in [5.74, 6) is 0.482. The van der Waals surface area contributed by atoms with E-state index in [1.165, 1.54) is 6.33 Å². The van der Waals surface area contributed by atoms with E-state index in [1.54, 1.807) is 34.5 Å². The zero-order valence-corrected chi connectivity index (χ0v) is 17.5. The molecule has 0 aliphatic rings. The smallest absolute Gasteiger partial charge is 0.251 e. The summed E-state index contributed by atoms with van der Waals surface area (Å²) in [6.45, 7) is 4.29. The summed E-state index contributed by atoms with van der Waals surface area (Å²) < 4.78 is 7.47. The van der Waals surface area contributed by atoms with Crippen LogP contribution in [-0.2, 0) is 6.61 Å². The number of amides is 1. The zero-order valence-electron chi connectivity index (χ0n) is 16.6. The molecule has 0 saturated carbocycles. The quantitative estimate of drug-likeness (QED) is 0.488. The number of hydrogen-bond acceptors (Lipinski definition) is 6. The normalized spacial score (nSPS) is 11.8. The lowest BCUT2D eigenvalue weighted by Gasteiger charge is -2.15. The Morgan fingerprint density at radius 2 is 2.07 bits per heavy atom. The Balaban J connectivity index is 1.38. The molecule has 152 valence electrons. The summed E-state index contributed by atoms with van der Waals surface area (Å²) >= 11 is 1.59. The molecule has 0 spiro atoms. The van der Waals surface area contributed by atoms with Gasteiger partial charge < -0.3 is 10.1 Å². The van der Waals surface area contributed by atoms with Crippen molar-refractivity contribution in [3.05, 3.63) is 88.4 Å². The highest BCUT2D eigenvalue weighted by molar-refractivity contribution is 7.09. The van der Waals surface area contributed by atoms with Crippen LogP contribution in [0.15, 0.2) is 66.6 Å². The third-order valence-electron chi connectivity index (χ3n) is 4.57. The van der Waals surface area contributed by atoms with E-state index in [4.69, 9.17) is 4.74 Å². The van der Waals surface area contributed by atoms with Gasteiger partial charge in [0.05, 0.1) is 22.4 Å². The number of benzene rings is 2. The third kappa shape index (κ3) is 4.72. The number of nitrogens with zero attached hydrogens (tertiary/aromatic N) is 4. The Morgan fingerprint density at radius 3 is 2.77 bits per heavy atom. The average Bonchev–Trinajstić information content (AvgIpc) is 3.44. The minimum Gasteiger partial charge on any atom is -0.487 e. The maximum atomic E-state index is 12.7. The Hall–Kier alpha value is -3.52. The van der Waals surface area contributed by atoms with Crippen LogP contribution < -0.4 is 10.1 Å². The summed E-state index contributed by atoms with van der Waals surface area (Å²) in [6.07, 6.45) is 3.14. The molecule has 1 atom stereocenters. The fraction of sp³-hybridized carbons (Fsp3) is 0.182. The molecule has 1 amide bonds. The molecule has 4 aromatic rings. The second-order valence-electron chi connectivity index (χ2n) is 6.80.